The first kappa shape index (κ1) is 81.0. The second-order valence-corrected chi connectivity index (χ2v) is 25.4. The number of aliphatic imine (C=N–C) groups is 1. The molecular formula is C70H91N17O17. The lowest BCUT2D eigenvalue weighted by Crippen LogP contribution is -2.61. The van der Waals surface area contributed by atoms with Crippen molar-refractivity contribution in [2.75, 3.05) is 26.2 Å². The molecular weight excluding hydrogens is 1350 g/mol. The van der Waals surface area contributed by atoms with Gasteiger partial charge in [-0.25, -0.2) is 4.98 Å². The number of aliphatic hydroxyl groups excluding tert-OH is 1. The minimum Gasteiger partial charge on any atom is -0.508 e. The van der Waals surface area contributed by atoms with Crippen LogP contribution in [0, 0.1) is 5.92 Å². The van der Waals surface area contributed by atoms with Crippen molar-refractivity contribution < 1.29 is 82.8 Å². The van der Waals surface area contributed by atoms with E-state index in [0.29, 0.717) is 39.7 Å². The van der Waals surface area contributed by atoms with Gasteiger partial charge in [0.05, 0.1) is 19.5 Å². The zero-order valence-electron chi connectivity index (χ0n) is 57.9. The number of phenols is 1. The number of nitrogens with zero attached hydrogens (tertiary/aromatic N) is 3. The Balaban J connectivity index is 0.00000201. The molecule has 2 aliphatic heterocycles. The highest BCUT2D eigenvalue weighted by Gasteiger charge is 2.40. The number of nitrogens with one attached hydrogen (secondary N) is 11. The number of aromatic amines is 2. The molecule has 34 nitrogen and oxygen atoms in total. The Hall–Kier alpha value is -12.0. The SMILES string of the molecule is CC(=O)O.CC(=O)O.CC(C)C[C@H](NC(=O)[C@@H](Cc1ccc2ccccc2c1)NC(=O)[C@H](Cc1ccc(O)cc1)NC(=O)[C@H](CO)NC(=O)[C@H](Cc1c[nH]c2ccccc12)NC(=O)[C@H](Cc1cnc[nH]1)NC(=O)[C@@H]1CCC(=O)N1)C(=O)N[C@@H](CCCN=C(N)N)C(=O)N1CCC[C@H]1C(=O)NCC(N)=O. The van der Waals surface area contributed by atoms with E-state index in [1.54, 1.807) is 50.4 Å². The zero-order chi connectivity index (χ0) is 76.2. The van der Waals surface area contributed by atoms with E-state index in [4.69, 9.17) is 37.0 Å². The van der Waals surface area contributed by atoms with Crippen molar-refractivity contribution in [1.82, 2.24) is 67.7 Å². The number of aromatic nitrogens is 3. The molecule has 0 spiro atoms. The predicted molar refractivity (Wildman–Crippen MR) is 378 cm³/mol. The number of hydrogen-bond donors (Lipinski definition) is 18. The molecule has 2 fully saturated rings. The summed E-state index contributed by atoms with van der Waals surface area (Å²) in [4.78, 5) is 187. The van der Waals surface area contributed by atoms with Crippen LogP contribution in [0.1, 0.15) is 95.0 Å². The highest BCUT2D eigenvalue weighted by atomic mass is 16.4. The molecule has 21 N–H and O–H groups in total. The number of phenolic OH excluding ortho intramolecular Hbond substituents is 1. The summed E-state index contributed by atoms with van der Waals surface area (Å²) < 4.78 is 0. The lowest BCUT2D eigenvalue weighted by molar-refractivity contribution is -0.142. The Morgan fingerprint density at radius 2 is 1.18 bits per heavy atom. The number of H-pyrrole nitrogens is 2. The van der Waals surface area contributed by atoms with Gasteiger partial charge in [-0.1, -0.05) is 86.6 Å². The molecule has 34 heteroatoms. The maximum atomic E-state index is 15.1. The molecule has 558 valence electrons. The van der Waals surface area contributed by atoms with E-state index in [2.05, 4.69) is 67.8 Å². The number of hydrogen-bond acceptors (Lipinski definition) is 17. The highest BCUT2D eigenvalue weighted by molar-refractivity contribution is 6.00. The third kappa shape index (κ3) is 25.9. The predicted octanol–water partition coefficient (Wildman–Crippen LogP) is -1.44. The monoisotopic (exact) mass is 1440 g/mol. The van der Waals surface area contributed by atoms with Crippen LogP contribution in [0.5, 0.6) is 5.75 Å². The first-order valence-corrected chi connectivity index (χ1v) is 33.6. The zero-order valence-corrected chi connectivity index (χ0v) is 57.9. The smallest absolute Gasteiger partial charge is 0.300 e. The third-order valence-corrected chi connectivity index (χ3v) is 16.5. The number of aliphatic carboxylic acids is 2. The van der Waals surface area contributed by atoms with Gasteiger partial charge in [0.25, 0.3) is 11.9 Å². The molecule has 8 rings (SSSR count). The van der Waals surface area contributed by atoms with Gasteiger partial charge in [0.1, 0.15) is 60.1 Å². The number of benzene rings is 4. The maximum Gasteiger partial charge on any atom is 0.300 e. The highest BCUT2D eigenvalue weighted by Crippen LogP contribution is 2.23. The summed E-state index contributed by atoms with van der Waals surface area (Å²) in [5, 5.41) is 62.4. The Morgan fingerprint density at radius 1 is 0.635 bits per heavy atom. The molecule has 9 atom stereocenters. The van der Waals surface area contributed by atoms with Crippen molar-refractivity contribution in [3.63, 3.8) is 0 Å². The normalized spacial score (nSPS) is 15.8. The summed E-state index contributed by atoms with van der Waals surface area (Å²) >= 11 is 0. The molecule has 2 aromatic heterocycles. The molecule has 11 amide bonds. The minimum atomic E-state index is -1.80. The Morgan fingerprint density at radius 3 is 1.77 bits per heavy atom. The maximum absolute atomic E-state index is 15.1. The van der Waals surface area contributed by atoms with E-state index in [1.165, 1.54) is 41.7 Å². The summed E-state index contributed by atoms with van der Waals surface area (Å²) in [7, 11) is 0. The fourth-order valence-electron chi connectivity index (χ4n) is 11.6. The largest absolute Gasteiger partial charge is 0.508 e. The van der Waals surface area contributed by atoms with Crippen LogP contribution in [0.25, 0.3) is 21.7 Å². The van der Waals surface area contributed by atoms with Gasteiger partial charge >= 0.3 is 0 Å². The lowest BCUT2D eigenvalue weighted by atomic mass is 9.98. The third-order valence-electron chi connectivity index (χ3n) is 16.5. The number of aromatic hydroxyl groups is 1. The van der Waals surface area contributed by atoms with Crippen LogP contribution in [0.15, 0.2) is 115 Å². The topological polar surface area (TPSA) is 549 Å². The number of guanidine groups is 1. The number of fused-ring (bicyclic) bond motifs is 2. The molecule has 0 unspecified atom stereocenters. The fourth-order valence-corrected chi connectivity index (χ4v) is 11.6. The van der Waals surface area contributed by atoms with Crippen LogP contribution in [0.4, 0.5) is 0 Å². The second kappa shape index (κ2) is 39.9. The molecule has 0 saturated carbocycles. The summed E-state index contributed by atoms with van der Waals surface area (Å²) in [5.74, 6) is -10.7. The minimum absolute atomic E-state index is 0.00766. The molecule has 6 aromatic rings. The van der Waals surface area contributed by atoms with Crippen molar-refractivity contribution in [3.05, 3.63) is 132 Å². The van der Waals surface area contributed by atoms with Crippen LogP contribution in [0.2, 0.25) is 0 Å². The number of carboxylic acid groups (broad SMARTS) is 2. The number of aliphatic hydroxyl groups is 1. The molecule has 2 aliphatic rings. The van der Waals surface area contributed by atoms with Crippen LogP contribution in [-0.2, 0) is 88.0 Å². The first-order valence-electron chi connectivity index (χ1n) is 33.6. The van der Waals surface area contributed by atoms with Crippen LogP contribution in [0.3, 0.4) is 0 Å². The number of amides is 11. The van der Waals surface area contributed by atoms with Gasteiger partial charge in [-0.3, -0.25) is 67.3 Å². The summed E-state index contributed by atoms with van der Waals surface area (Å²) in [6.45, 7) is 4.50. The van der Waals surface area contributed by atoms with Crippen LogP contribution >= 0.6 is 0 Å². The van der Waals surface area contributed by atoms with E-state index in [0.717, 1.165) is 24.6 Å². The van der Waals surface area contributed by atoms with Gasteiger partial charge in [-0.15, -0.1) is 0 Å². The number of likely N-dealkylation sites (tertiary alicyclic amines) is 1. The average Bonchev–Trinajstić information content (AvgIpc) is 1.41. The van der Waals surface area contributed by atoms with Gasteiger partial charge in [0.15, 0.2) is 5.96 Å². The van der Waals surface area contributed by atoms with E-state index in [-0.39, 0.29) is 101 Å². The van der Waals surface area contributed by atoms with Crippen LogP contribution < -0.4 is 65.1 Å². The summed E-state index contributed by atoms with van der Waals surface area (Å²) in [6.07, 6.45) is 4.89. The van der Waals surface area contributed by atoms with Gasteiger partial charge < -0.3 is 100 Å². The number of carbonyl (C=O) groups excluding carboxylic acids is 11. The van der Waals surface area contributed by atoms with Gasteiger partial charge in [-0.2, -0.15) is 0 Å². The molecule has 0 aliphatic carbocycles. The van der Waals surface area contributed by atoms with Crippen molar-refractivity contribution in [2.24, 2.45) is 28.1 Å². The Bertz CT molecular complexity index is 4010. The fraction of sp³-hybridized carbons (Fsp3) is 0.414. The first-order chi connectivity index (χ1) is 49.5. The Kier molecular flexibility index (Phi) is 31.1. The van der Waals surface area contributed by atoms with E-state index < -0.39 is 139 Å². The Labute approximate surface area is 597 Å². The molecule has 2 saturated heterocycles. The van der Waals surface area contributed by atoms with Crippen molar-refractivity contribution >= 4 is 105 Å². The summed E-state index contributed by atoms with van der Waals surface area (Å²) in [5.41, 5.74) is 19.1. The number of rotatable bonds is 33. The number of para-hydroxylation sites is 1. The molecule has 104 heavy (non-hydrogen) atoms. The number of carbonyl (C=O) groups is 13. The van der Waals surface area contributed by atoms with E-state index in [9.17, 15) is 53.4 Å². The quantitative estimate of drug-likeness (QED) is 0.0127. The van der Waals surface area contributed by atoms with E-state index in [1.807, 2.05) is 36.4 Å². The van der Waals surface area contributed by atoms with Gasteiger partial charge in [-0.05, 0) is 90.1 Å². The number of carboxylic acids is 2. The average molecular weight is 1440 g/mol. The number of primary amides is 1. The lowest BCUT2D eigenvalue weighted by Gasteiger charge is -2.30. The molecule has 4 heterocycles. The van der Waals surface area contributed by atoms with Crippen molar-refractivity contribution in [1.29, 1.82) is 0 Å². The van der Waals surface area contributed by atoms with Gasteiger partial charge in [0, 0.05) is 88.0 Å². The molecule has 0 bridgehead atoms. The second-order valence-electron chi connectivity index (χ2n) is 25.4. The van der Waals surface area contributed by atoms with Crippen molar-refractivity contribution in [2.45, 2.75) is 153 Å². The van der Waals surface area contributed by atoms with Crippen LogP contribution in [-0.4, -0.2) is 204 Å². The number of imidazole rings is 1. The van der Waals surface area contributed by atoms with E-state index >= 15 is 9.59 Å². The standard InChI is InChI=1S/C66H83N17O13.2C2H4O2/c1-36(2)25-48(58(89)76-47(13-7-23-71-66(68)69)65(96)83-24-8-14-54(83)64(95)73-33-55(67)86)77-60(91)50(28-38-15-18-39-9-3-4-10-40(39)26-38)78-59(90)49(27-37-16-19-43(85)20-17-37)79-63(94)53(34-84)82-61(92)51(29-41-31-72-45-12-6-5-11-44(41)45)80-62(93)52(30-42-32-70-35-74-42)81-57(88)46-21-22-56(87)75-46;2*1-2(3)4/h3-6,9-12,15-20,26,31-32,35-36,46-54,72,84-85H,7-8,13-14,21-25,27-30,33-34H2,1-2H3,(H2,67,86)(H,70,74)(H,73,95)(H,75,87)(H,76,89)(H,77,91)(H,78,90)(H,79,94)(H,80,93)(H,81,88)(H,82,92)(H4,68,69,71);2*1H3,(H,3,4)/t46-,47-,48-,49-,50+,51-,52-,53-,54-;;/m0../s1. The molecule has 0 radical (unpaired) electrons. The summed E-state index contributed by atoms with van der Waals surface area (Å²) in [6, 6.07) is 13.5. The van der Waals surface area contributed by atoms with Crippen molar-refractivity contribution in [3.8, 4) is 5.75 Å². The van der Waals surface area contributed by atoms with Gasteiger partial charge in [0.2, 0.25) is 65.0 Å². The molecule has 4 aromatic carbocycles. The number of nitrogens with two attached hydrogens (primary N) is 3.